The highest BCUT2D eigenvalue weighted by molar-refractivity contribution is 7.99. The summed E-state index contributed by atoms with van der Waals surface area (Å²) in [5.41, 5.74) is 6.73. The normalized spacial score (nSPS) is 9.07. The summed E-state index contributed by atoms with van der Waals surface area (Å²) >= 11 is 1.75. The van der Waals surface area contributed by atoms with Crippen LogP contribution < -0.4 is 11.1 Å². The van der Waals surface area contributed by atoms with Crippen LogP contribution in [0.3, 0.4) is 0 Å². The summed E-state index contributed by atoms with van der Waals surface area (Å²) in [7, 11) is 1.88. The maximum Gasteiger partial charge on any atom is 0.137 e. The minimum absolute atomic E-state index is 0.623. The van der Waals surface area contributed by atoms with Crippen LogP contribution in [0, 0.1) is 0 Å². The number of nitrogen functional groups attached to an aromatic ring is 1. The fourth-order valence-electron chi connectivity index (χ4n) is 0.919. The van der Waals surface area contributed by atoms with E-state index in [0.29, 0.717) is 5.82 Å². The van der Waals surface area contributed by atoms with Crippen molar-refractivity contribution in [2.75, 3.05) is 23.9 Å². The van der Waals surface area contributed by atoms with E-state index in [2.05, 4.69) is 17.2 Å². The third-order valence-corrected chi connectivity index (χ3v) is 2.88. The van der Waals surface area contributed by atoms with Gasteiger partial charge in [0, 0.05) is 7.05 Å². The molecule has 0 aliphatic carbocycles. The van der Waals surface area contributed by atoms with Crippen LogP contribution in [0.25, 0.3) is 0 Å². The summed E-state index contributed by atoms with van der Waals surface area (Å²) in [4.78, 5) is 5.16. The Morgan fingerprint density at radius 2 is 2.13 bits per heavy atom. The standard InChI is InChI=1S/C9H15N3S.C2H6/c1-3-4-13-8-5-7(11-2)6-12-9(8)10;1-2/h5-6,11H,3-4H2,1-2H3,(H2,10,12);1-2H3. The second kappa shape index (κ2) is 8.41. The van der Waals surface area contributed by atoms with Crippen LogP contribution in [0.1, 0.15) is 27.2 Å². The average molecular weight is 227 g/mol. The van der Waals surface area contributed by atoms with E-state index in [-0.39, 0.29) is 0 Å². The molecule has 4 heteroatoms. The zero-order valence-corrected chi connectivity index (χ0v) is 10.8. The van der Waals surface area contributed by atoms with Crippen molar-refractivity contribution in [3.63, 3.8) is 0 Å². The van der Waals surface area contributed by atoms with Crippen molar-refractivity contribution in [2.24, 2.45) is 0 Å². The van der Waals surface area contributed by atoms with Gasteiger partial charge >= 0.3 is 0 Å². The number of rotatable bonds is 4. The minimum atomic E-state index is 0.623. The van der Waals surface area contributed by atoms with E-state index in [9.17, 15) is 0 Å². The minimum Gasteiger partial charge on any atom is -0.387 e. The van der Waals surface area contributed by atoms with Crippen LogP contribution >= 0.6 is 11.8 Å². The predicted octanol–water partition coefficient (Wildman–Crippen LogP) is 3.23. The van der Waals surface area contributed by atoms with E-state index < -0.39 is 0 Å². The first-order valence-corrected chi connectivity index (χ1v) is 6.32. The molecule has 0 radical (unpaired) electrons. The summed E-state index contributed by atoms with van der Waals surface area (Å²) in [6.45, 7) is 6.15. The van der Waals surface area contributed by atoms with Gasteiger partial charge in [-0.2, -0.15) is 0 Å². The Hall–Kier alpha value is -0.900. The van der Waals surface area contributed by atoms with Crippen LogP contribution in [0.5, 0.6) is 0 Å². The van der Waals surface area contributed by atoms with Gasteiger partial charge in [0.05, 0.1) is 16.8 Å². The zero-order valence-electron chi connectivity index (χ0n) is 10.0. The van der Waals surface area contributed by atoms with Crippen molar-refractivity contribution in [1.82, 2.24) is 4.98 Å². The van der Waals surface area contributed by atoms with Gasteiger partial charge in [-0.05, 0) is 18.2 Å². The number of thioether (sulfide) groups is 1. The molecule has 15 heavy (non-hydrogen) atoms. The lowest BCUT2D eigenvalue weighted by Gasteiger charge is -2.06. The van der Waals surface area contributed by atoms with E-state index in [1.54, 1.807) is 18.0 Å². The molecule has 86 valence electrons. The van der Waals surface area contributed by atoms with Gasteiger partial charge in [0.2, 0.25) is 0 Å². The topological polar surface area (TPSA) is 50.9 Å². The summed E-state index contributed by atoms with van der Waals surface area (Å²) in [5.74, 6) is 1.71. The summed E-state index contributed by atoms with van der Waals surface area (Å²) < 4.78 is 0. The molecule has 1 rings (SSSR count). The lowest BCUT2D eigenvalue weighted by molar-refractivity contribution is 1.10. The monoisotopic (exact) mass is 227 g/mol. The number of hydrogen-bond acceptors (Lipinski definition) is 4. The third-order valence-electron chi connectivity index (χ3n) is 1.63. The molecule has 0 spiro atoms. The van der Waals surface area contributed by atoms with Crippen LogP contribution in [0.4, 0.5) is 11.5 Å². The highest BCUT2D eigenvalue weighted by Gasteiger charge is 2.01. The maximum absolute atomic E-state index is 5.73. The maximum atomic E-state index is 5.73. The fraction of sp³-hybridized carbons (Fsp3) is 0.545. The molecular formula is C11H21N3S. The van der Waals surface area contributed by atoms with Gasteiger partial charge < -0.3 is 11.1 Å². The summed E-state index contributed by atoms with van der Waals surface area (Å²) in [6.07, 6.45) is 2.89. The summed E-state index contributed by atoms with van der Waals surface area (Å²) in [6, 6.07) is 2.03. The van der Waals surface area contributed by atoms with Crippen molar-refractivity contribution in [2.45, 2.75) is 32.1 Å². The lowest BCUT2D eigenvalue weighted by atomic mass is 10.4. The Morgan fingerprint density at radius 3 is 2.67 bits per heavy atom. The molecule has 1 heterocycles. The molecule has 1 aromatic heterocycles. The highest BCUT2D eigenvalue weighted by atomic mass is 32.2. The molecule has 3 N–H and O–H groups in total. The SMILES string of the molecule is CC.CCCSc1cc(NC)cnc1N. The molecule has 0 aliphatic heterocycles. The van der Waals surface area contributed by atoms with Crippen molar-refractivity contribution in [3.8, 4) is 0 Å². The second-order valence-corrected chi connectivity index (χ2v) is 3.84. The predicted molar refractivity (Wildman–Crippen MR) is 70.6 cm³/mol. The van der Waals surface area contributed by atoms with Crippen LogP contribution in [-0.4, -0.2) is 17.8 Å². The van der Waals surface area contributed by atoms with Crippen LogP contribution in [0.2, 0.25) is 0 Å². The Labute approximate surface area is 96.9 Å². The van der Waals surface area contributed by atoms with Gasteiger partial charge in [0.15, 0.2) is 0 Å². The molecule has 0 aliphatic rings. The van der Waals surface area contributed by atoms with Crippen LogP contribution in [0.15, 0.2) is 17.2 Å². The van der Waals surface area contributed by atoms with Gasteiger partial charge in [0.25, 0.3) is 0 Å². The first-order chi connectivity index (χ1) is 7.27. The van der Waals surface area contributed by atoms with Crippen LogP contribution in [-0.2, 0) is 0 Å². The van der Waals surface area contributed by atoms with Gasteiger partial charge in [-0.3, -0.25) is 0 Å². The summed E-state index contributed by atoms with van der Waals surface area (Å²) in [5, 5.41) is 3.04. The molecular weight excluding hydrogens is 206 g/mol. The molecule has 0 saturated carbocycles. The quantitative estimate of drug-likeness (QED) is 0.775. The molecule has 0 atom stereocenters. The van der Waals surface area contributed by atoms with Gasteiger partial charge in [0.1, 0.15) is 5.82 Å². The number of anilines is 2. The van der Waals surface area contributed by atoms with Crippen molar-refractivity contribution >= 4 is 23.3 Å². The molecule has 0 saturated heterocycles. The molecule has 0 bridgehead atoms. The molecule has 0 unspecified atom stereocenters. The average Bonchev–Trinajstić information content (AvgIpc) is 2.31. The first-order valence-electron chi connectivity index (χ1n) is 5.34. The Morgan fingerprint density at radius 1 is 1.47 bits per heavy atom. The Bertz CT molecular complexity index is 277. The number of nitrogens with zero attached hydrogens (tertiary/aromatic N) is 1. The Balaban J connectivity index is 0.000000921. The molecule has 1 aromatic rings. The zero-order chi connectivity index (χ0) is 11.7. The van der Waals surface area contributed by atoms with Crippen molar-refractivity contribution in [3.05, 3.63) is 12.3 Å². The number of nitrogens with two attached hydrogens (primary N) is 1. The fourth-order valence-corrected chi connectivity index (χ4v) is 1.75. The Kier molecular flexibility index (Phi) is 7.91. The van der Waals surface area contributed by atoms with E-state index in [0.717, 1.165) is 22.8 Å². The van der Waals surface area contributed by atoms with Crippen molar-refractivity contribution < 1.29 is 0 Å². The molecule has 0 fully saturated rings. The highest BCUT2D eigenvalue weighted by Crippen LogP contribution is 2.26. The smallest absolute Gasteiger partial charge is 0.137 e. The third kappa shape index (κ3) is 4.93. The van der Waals surface area contributed by atoms with Crippen molar-refractivity contribution in [1.29, 1.82) is 0 Å². The van der Waals surface area contributed by atoms with E-state index in [1.807, 2.05) is 27.0 Å². The molecule has 0 aromatic carbocycles. The molecule has 3 nitrogen and oxygen atoms in total. The largest absolute Gasteiger partial charge is 0.387 e. The number of aromatic nitrogens is 1. The van der Waals surface area contributed by atoms with Gasteiger partial charge in [-0.25, -0.2) is 4.98 Å². The van der Waals surface area contributed by atoms with Gasteiger partial charge in [-0.15, -0.1) is 11.8 Å². The van der Waals surface area contributed by atoms with E-state index in [4.69, 9.17) is 5.73 Å². The lowest BCUT2D eigenvalue weighted by Crippen LogP contribution is -1.96. The van der Waals surface area contributed by atoms with E-state index in [1.165, 1.54) is 0 Å². The number of nitrogens with one attached hydrogen (secondary N) is 1. The number of hydrogen-bond donors (Lipinski definition) is 2. The first kappa shape index (κ1) is 14.1. The van der Waals surface area contributed by atoms with Gasteiger partial charge in [-0.1, -0.05) is 20.8 Å². The van der Waals surface area contributed by atoms with E-state index >= 15 is 0 Å². The number of pyridine rings is 1. The molecule has 0 amide bonds. The second-order valence-electron chi connectivity index (χ2n) is 2.71.